The van der Waals surface area contributed by atoms with Gasteiger partial charge in [0, 0.05) is 19.7 Å². The Balaban J connectivity index is 1.65. The van der Waals surface area contributed by atoms with Crippen molar-refractivity contribution in [2.45, 2.75) is 38.8 Å². The van der Waals surface area contributed by atoms with Crippen molar-refractivity contribution < 1.29 is 14.3 Å². The van der Waals surface area contributed by atoms with Gasteiger partial charge in [-0.15, -0.1) is 0 Å². The lowest BCUT2D eigenvalue weighted by Gasteiger charge is -2.26. The standard InChI is InChI=1S/C22H27NO3/c1-2-19-11-6-7-13-21(19)26-17-22(24)23(16-20-12-8-14-25-20)15-18-9-4-3-5-10-18/h3-7,9-11,13,20H,2,8,12,14-17H2,1H3. The van der Waals surface area contributed by atoms with E-state index in [0.29, 0.717) is 13.1 Å². The fraction of sp³-hybridized carbons (Fsp3) is 0.409. The summed E-state index contributed by atoms with van der Waals surface area (Å²) >= 11 is 0. The van der Waals surface area contributed by atoms with Crippen molar-refractivity contribution in [3.05, 3.63) is 65.7 Å². The zero-order chi connectivity index (χ0) is 18.2. The first-order chi connectivity index (χ1) is 12.8. The number of ether oxygens (including phenoxy) is 2. The Labute approximate surface area is 155 Å². The van der Waals surface area contributed by atoms with Crippen molar-refractivity contribution >= 4 is 5.91 Å². The second-order valence-corrected chi connectivity index (χ2v) is 6.64. The Kier molecular flexibility index (Phi) is 6.67. The van der Waals surface area contributed by atoms with Crippen molar-refractivity contribution in [3.8, 4) is 5.75 Å². The Morgan fingerprint density at radius 1 is 1.15 bits per heavy atom. The predicted molar refractivity (Wildman–Crippen MR) is 102 cm³/mol. The van der Waals surface area contributed by atoms with E-state index in [2.05, 4.69) is 6.92 Å². The third-order valence-corrected chi connectivity index (χ3v) is 4.72. The van der Waals surface area contributed by atoms with Crippen molar-refractivity contribution in [2.75, 3.05) is 19.8 Å². The molecule has 1 saturated heterocycles. The highest BCUT2D eigenvalue weighted by Crippen LogP contribution is 2.19. The maximum atomic E-state index is 12.9. The second-order valence-electron chi connectivity index (χ2n) is 6.64. The Bertz CT molecular complexity index is 696. The highest BCUT2D eigenvalue weighted by atomic mass is 16.5. The molecule has 0 radical (unpaired) electrons. The molecule has 2 aromatic carbocycles. The smallest absolute Gasteiger partial charge is 0.260 e. The van der Waals surface area contributed by atoms with Gasteiger partial charge >= 0.3 is 0 Å². The minimum atomic E-state index is -0.00439. The number of benzene rings is 2. The maximum absolute atomic E-state index is 12.9. The summed E-state index contributed by atoms with van der Waals surface area (Å²) in [6.45, 7) is 4.13. The number of carbonyl (C=O) groups is 1. The number of aryl methyl sites for hydroxylation is 1. The molecule has 2 aromatic rings. The summed E-state index contributed by atoms with van der Waals surface area (Å²) in [5.41, 5.74) is 2.24. The van der Waals surface area contributed by atoms with Crippen molar-refractivity contribution in [3.63, 3.8) is 0 Å². The number of hydrogen-bond acceptors (Lipinski definition) is 3. The van der Waals surface area contributed by atoms with Crippen LogP contribution in [0.4, 0.5) is 0 Å². The summed E-state index contributed by atoms with van der Waals surface area (Å²) in [5, 5.41) is 0. The van der Waals surface area contributed by atoms with Gasteiger partial charge in [0.2, 0.25) is 0 Å². The molecule has 26 heavy (non-hydrogen) atoms. The summed E-state index contributed by atoms with van der Waals surface area (Å²) in [7, 11) is 0. The second kappa shape index (κ2) is 9.39. The summed E-state index contributed by atoms with van der Waals surface area (Å²) in [6.07, 6.45) is 3.09. The molecule has 1 amide bonds. The molecule has 0 N–H and O–H groups in total. The molecule has 3 rings (SSSR count). The fourth-order valence-corrected chi connectivity index (χ4v) is 3.26. The lowest BCUT2D eigenvalue weighted by molar-refractivity contribution is -0.135. The molecule has 138 valence electrons. The van der Waals surface area contributed by atoms with Crippen molar-refractivity contribution in [1.29, 1.82) is 0 Å². The van der Waals surface area contributed by atoms with Crippen LogP contribution in [0.2, 0.25) is 0 Å². The van der Waals surface area contributed by atoms with E-state index >= 15 is 0 Å². The molecule has 4 heteroatoms. The first kappa shape index (κ1) is 18.5. The van der Waals surface area contributed by atoms with Gasteiger partial charge in [-0.25, -0.2) is 0 Å². The summed E-state index contributed by atoms with van der Waals surface area (Å²) < 4.78 is 11.6. The van der Waals surface area contributed by atoms with Crippen LogP contribution < -0.4 is 4.74 Å². The molecule has 0 aromatic heterocycles. The summed E-state index contributed by atoms with van der Waals surface area (Å²) in [6, 6.07) is 18.0. The Hall–Kier alpha value is -2.33. The van der Waals surface area contributed by atoms with Gasteiger partial charge < -0.3 is 14.4 Å². The number of hydrogen-bond donors (Lipinski definition) is 0. The molecule has 1 aliphatic rings. The van der Waals surface area contributed by atoms with Gasteiger partial charge in [0.15, 0.2) is 6.61 Å². The predicted octanol–water partition coefficient (Wildman–Crippen LogP) is 3.84. The molecule has 1 heterocycles. The van der Waals surface area contributed by atoms with Gasteiger partial charge in [-0.3, -0.25) is 4.79 Å². The number of carbonyl (C=O) groups excluding carboxylic acids is 1. The quantitative estimate of drug-likeness (QED) is 0.724. The zero-order valence-electron chi connectivity index (χ0n) is 15.4. The minimum Gasteiger partial charge on any atom is -0.483 e. The fourth-order valence-electron chi connectivity index (χ4n) is 3.26. The van der Waals surface area contributed by atoms with Gasteiger partial charge in [-0.1, -0.05) is 55.5 Å². The highest BCUT2D eigenvalue weighted by Gasteiger charge is 2.23. The summed E-state index contributed by atoms with van der Waals surface area (Å²) in [4.78, 5) is 14.7. The Morgan fingerprint density at radius 3 is 2.65 bits per heavy atom. The molecule has 0 aliphatic carbocycles. The maximum Gasteiger partial charge on any atom is 0.260 e. The lowest BCUT2D eigenvalue weighted by Crippen LogP contribution is -2.39. The van der Waals surface area contributed by atoms with E-state index in [9.17, 15) is 4.79 Å². The minimum absolute atomic E-state index is 0.00439. The van der Waals surface area contributed by atoms with Gasteiger partial charge in [0.25, 0.3) is 5.91 Å². The molecular formula is C22H27NO3. The molecule has 1 fully saturated rings. The summed E-state index contributed by atoms with van der Waals surface area (Å²) in [5.74, 6) is 0.787. The molecule has 1 unspecified atom stereocenters. The van der Waals surface area contributed by atoms with Crippen LogP contribution in [0.15, 0.2) is 54.6 Å². The van der Waals surface area contributed by atoms with Crippen LogP contribution in [-0.2, 0) is 22.5 Å². The molecule has 1 aliphatic heterocycles. The third kappa shape index (κ3) is 5.09. The number of amides is 1. The molecule has 0 spiro atoms. The van der Waals surface area contributed by atoms with E-state index in [0.717, 1.165) is 42.7 Å². The van der Waals surface area contributed by atoms with E-state index in [4.69, 9.17) is 9.47 Å². The molecule has 1 atom stereocenters. The largest absolute Gasteiger partial charge is 0.483 e. The highest BCUT2D eigenvalue weighted by molar-refractivity contribution is 5.77. The lowest BCUT2D eigenvalue weighted by atomic mass is 10.1. The van der Waals surface area contributed by atoms with Crippen LogP contribution in [0.3, 0.4) is 0 Å². The van der Waals surface area contributed by atoms with Crippen LogP contribution in [0.5, 0.6) is 5.75 Å². The van der Waals surface area contributed by atoms with Crippen LogP contribution in [-0.4, -0.2) is 36.7 Å². The number of nitrogens with zero attached hydrogens (tertiary/aromatic N) is 1. The number of para-hydroxylation sites is 1. The van der Waals surface area contributed by atoms with E-state index in [1.54, 1.807) is 0 Å². The van der Waals surface area contributed by atoms with E-state index in [1.165, 1.54) is 0 Å². The first-order valence-corrected chi connectivity index (χ1v) is 9.40. The Morgan fingerprint density at radius 2 is 1.92 bits per heavy atom. The van der Waals surface area contributed by atoms with Gasteiger partial charge in [-0.2, -0.15) is 0 Å². The monoisotopic (exact) mass is 353 g/mol. The van der Waals surface area contributed by atoms with E-state index in [-0.39, 0.29) is 18.6 Å². The van der Waals surface area contributed by atoms with Gasteiger partial charge in [0.05, 0.1) is 6.10 Å². The molecule has 0 saturated carbocycles. The van der Waals surface area contributed by atoms with E-state index < -0.39 is 0 Å². The zero-order valence-corrected chi connectivity index (χ0v) is 15.4. The van der Waals surface area contributed by atoms with Crippen molar-refractivity contribution in [1.82, 2.24) is 4.90 Å². The normalized spacial score (nSPS) is 16.4. The van der Waals surface area contributed by atoms with Gasteiger partial charge in [-0.05, 0) is 36.5 Å². The van der Waals surface area contributed by atoms with Crippen LogP contribution in [0, 0.1) is 0 Å². The number of rotatable bonds is 8. The molecule has 0 bridgehead atoms. The SMILES string of the molecule is CCc1ccccc1OCC(=O)N(Cc1ccccc1)CC1CCCO1. The van der Waals surface area contributed by atoms with E-state index in [1.807, 2.05) is 59.5 Å². The first-order valence-electron chi connectivity index (χ1n) is 9.40. The topological polar surface area (TPSA) is 38.8 Å². The molecule has 4 nitrogen and oxygen atoms in total. The van der Waals surface area contributed by atoms with Crippen LogP contribution in [0.25, 0.3) is 0 Å². The van der Waals surface area contributed by atoms with Crippen molar-refractivity contribution in [2.24, 2.45) is 0 Å². The van der Waals surface area contributed by atoms with Gasteiger partial charge in [0.1, 0.15) is 5.75 Å². The molecular weight excluding hydrogens is 326 g/mol. The average Bonchev–Trinajstić information content (AvgIpc) is 3.20. The average molecular weight is 353 g/mol. The third-order valence-electron chi connectivity index (χ3n) is 4.72. The van der Waals surface area contributed by atoms with Crippen LogP contribution >= 0.6 is 0 Å². The van der Waals surface area contributed by atoms with Crippen LogP contribution in [0.1, 0.15) is 30.9 Å².